The first kappa shape index (κ1) is 18.7. The minimum atomic E-state index is 0.569. The van der Waals surface area contributed by atoms with Crippen LogP contribution in [0.25, 0.3) is 11.3 Å². The van der Waals surface area contributed by atoms with Crippen LogP contribution in [0.15, 0.2) is 60.7 Å². The highest BCUT2D eigenvalue weighted by molar-refractivity contribution is 5.66. The number of hydrogen-bond acceptors (Lipinski definition) is 5. The Hall–Kier alpha value is -3.08. The van der Waals surface area contributed by atoms with Crippen LogP contribution in [0.1, 0.15) is 26.7 Å². The van der Waals surface area contributed by atoms with Gasteiger partial charge in [-0.25, -0.2) is 4.98 Å². The third-order valence-electron chi connectivity index (χ3n) is 4.05. The topological polar surface area (TPSA) is 59.1 Å². The molecule has 2 aromatic carbocycles. The van der Waals surface area contributed by atoms with Crippen LogP contribution in [0.5, 0.6) is 5.75 Å². The summed E-state index contributed by atoms with van der Waals surface area (Å²) >= 11 is 0. The van der Waals surface area contributed by atoms with Gasteiger partial charge in [0.15, 0.2) is 0 Å². The van der Waals surface area contributed by atoms with Crippen LogP contribution < -0.4 is 15.4 Å². The van der Waals surface area contributed by atoms with Crippen molar-refractivity contribution in [2.24, 2.45) is 0 Å². The predicted octanol–water partition coefficient (Wildman–Crippen LogP) is 5.50. The van der Waals surface area contributed by atoms with E-state index in [4.69, 9.17) is 9.72 Å². The Bertz CT molecular complexity index is 835. The lowest BCUT2D eigenvalue weighted by Crippen LogP contribution is -2.06. The van der Waals surface area contributed by atoms with Gasteiger partial charge < -0.3 is 15.4 Å². The van der Waals surface area contributed by atoms with E-state index in [2.05, 4.69) is 34.7 Å². The molecule has 0 fully saturated rings. The lowest BCUT2D eigenvalue weighted by atomic mass is 10.1. The lowest BCUT2D eigenvalue weighted by molar-refractivity contribution is 0.340. The number of nitrogens with zero attached hydrogens (tertiary/aromatic N) is 2. The van der Waals surface area contributed by atoms with E-state index < -0.39 is 0 Å². The molecule has 1 aromatic heterocycles. The third kappa shape index (κ3) is 5.45. The molecule has 0 spiro atoms. The smallest absolute Gasteiger partial charge is 0.229 e. The van der Waals surface area contributed by atoms with Gasteiger partial charge in [0.05, 0.1) is 12.3 Å². The SMILES string of the molecule is CCCCNc1cc(-c2ccccc2)nc(Nc2ccc(OCC)cc2)n1. The Morgan fingerprint density at radius 2 is 1.70 bits per heavy atom. The number of unbranched alkanes of at least 4 members (excludes halogenated alkanes) is 1. The first-order valence-corrected chi connectivity index (χ1v) is 9.46. The highest BCUT2D eigenvalue weighted by atomic mass is 16.5. The highest BCUT2D eigenvalue weighted by Crippen LogP contribution is 2.24. The van der Waals surface area contributed by atoms with E-state index in [0.717, 1.165) is 47.9 Å². The molecule has 3 rings (SSSR count). The summed E-state index contributed by atoms with van der Waals surface area (Å²) in [4.78, 5) is 9.31. The molecule has 0 aliphatic heterocycles. The number of hydrogen-bond donors (Lipinski definition) is 2. The van der Waals surface area contributed by atoms with Gasteiger partial charge in [0, 0.05) is 23.9 Å². The number of benzene rings is 2. The van der Waals surface area contributed by atoms with Crippen molar-refractivity contribution in [3.05, 3.63) is 60.7 Å². The van der Waals surface area contributed by atoms with E-state index in [1.807, 2.05) is 55.5 Å². The molecular formula is C22H26N4O. The van der Waals surface area contributed by atoms with Crippen molar-refractivity contribution in [2.45, 2.75) is 26.7 Å². The second kappa shape index (κ2) is 9.57. The summed E-state index contributed by atoms with van der Waals surface area (Å²) < 4.78 is 5.49. The fourth-order valence-electron chi connectivity index (χ4n) is 2.67. The second-order valence-electron chi connectivity index (χ2n) is 6.19. The van der Waals surface area contributed by atoms with Crippen molar-refractivity contribution < 1.29 is 4.74 Å². The van der Waals surface area contributed by atoms with Crippen molar-refractivity contribution in [3.8, 4) is 17.0 Å². The van der Waals surface area contributed by atoms with Crippen molar-refractivity contribution in [3.63, 3.8) is 0 Å². The maximum absolute atomic E-state index is 5.49. The molecule has 3 aromatic rings. The molecule has 5 nitrogen and oxygen atoms in total. The molecule has 0 atom stereocenters. The summed E-state index contributed by atoms with van der Waals surface area (Å²) in [5, 5.41) is 6.69. The maximum atomic E-state index is 5.49. The molecule has 0 saturated carbocycles. The van der Waals surface area contributed by atoms with Crippen molar-refractivity contribution in [1.82, 2.24) is 9.97 Å². The molecule has 0 radical (unpaired) electrons. The molecule has 5 heteroatoms. The Labute approximate surface area is 160 Å². The molecule has 1 heterocycles. The van der Waals surface area contributed by atoms with Crippen LogP contribution in [0, 0.1) is 0 Å². The van der Waals surface area contributed by atoms with Gasteiger partial charge in [0.25, 0.3) is 0 Å². The van der Waals surface area contributed by atoms with Crippen LogP contribution in [0.4, 0.5) is 17.5 Å². The summed E-state index contributed by atoms with van der Waals surface area (Å²) in [5.41, 5.74) is 2.87. The van der Waals surface area contributed by atoms with Crippen LogP contribution in [0.3, 0.4) is 0 Å². The van der Waals surface area contributed by atoms with E-state index in [1.54, 1.807) is 0 Å². The van der Waals surface area contributed by atoms with E-state index >= 15 is 0 Å². The van der Waals surface area contributed by atoms with E-state index in [9.17, 15) is 0 Å². The van der Waals surface area contributed by atoms with E-state index in [0.29, 0.717) is 12.6 Å². The number of rotatable bonds is 9. The minimum absolute atomic E-state index is 0.569. The van der Waals surface area contributed by atoms with Crippen LogP contribution in [-0.4, -0.2) is 23.1 Å². The average molecular weight is 362 g/mol. The van der Waals surface area contributed by atoms with Crippen molar-refractivity contribution in [1.29, 1.82) is 0 Å². The highest BCUT2D eigenvalue weighted by Gasteiger charge is 2.07. The summed E-state index contributed by atoms with van der Waals surface area (Å²) in [6.07, 6.45) is 2.24. The Kier molecular flexibility index (Phi) is 6.63. The van der Waals surface area contributed by atoms with Gasteiger partial charge in [0.2, 0.25) is 5.95 Å². The van der Waals surface area contributed by atoms with Crippen LogP contribution >= 0.6 is 0 Å². The molecule has 0 saturated heterocycles. The quantitative estimate of drug-likeness (QED) is 0.492. The van der Waals surface area contributed by atoms with Gasteiger partial charge in [-0.1, -0.05) is 43.7 Å². The molecule has 0 amide bonds. The summed E-state index contributed by atoms with van der Waals surface area (Å²) in [6, 6.07) is 19.9. The zero-order valence-corrected chi connectivity index (χ0v) is 15.9. The lowest BCUT2D eigenvalue weighted by Gasteiger charge is -2.12. The van der Waals surface area contributed by atoms with Gasteiger partial charge in [0.1, 0.15) is 11.6 Å². The summed E-state index contributed by atoms with van der Waals surface area (Å²) in [6.45, 7) is 5.70. The van der Waals surface area contributed by atoms with Crippen molar-refractivity contribution in [2.75, 3.05) is 23.8 Å². The van der Waals surface area contributed by atoms with Gasteiger partial charge in [-0.3, -0.25) is 0 Å². The Morgan fingerprint density at radius 3 is 2.41 bits per heavy atom. The van der Waals surface area contributed by atoms with Crippen LogP contribution in [0.2, 0.25) is 0 Å². The average Bonchev–Trinajstić information content (AvgIpc) is 2.70. The van der Waals surface area contributed by atoms with Gasteiger partial charge >= 0.3 is 0 Å². The fourth-order valence-corrected chi connectivity index (χ4v) is 2.67. The molecule has 2 N–H and O–H groups in total. The Balaban J connectivity index is 1.85. The normalized spacial score (nSPS) is 10.4. The molecule has 0 unspecified atom stereocenters. The van der Waals surface area contributed by atoms with Crippen LogP contribution in [-0.2, 0) is 0 Å². The summed E-state index contributed by atoms with van der Waals surface area (Å²) in [7, 11) is 0. The minimum Gasteiger partial charge on any atom is -0.494 e. The zero-order valence-electron chi connectivity index (χ0n) is 15.9. The molecule has 0 bridgehead atoms. The number of anilines is 3. The monoisotopic (exact) mass is 362 g/mol. The number of aromatic nitrogens is 2. The molecular weight excluding hydrogens is 336 g/mol. The van der Waals surface area contributed by atoms with Crippen molar-refractivity contribution >= 4 is 17.5 Å². The number of ether oxygens (including phenoxy) is 1. The number of nitrogens with one attached hydrogen (secondary N) is 2. The Morgan fingerprint density at radius 1 is 0.926 bits per heavy atom. The predicted molar refractivity (Wildman–Crippen MR) is 112 cm³/mol. The van der Waals surface area contributed by atoms with Gasteiger partial charge in [-0.15, -0.1) is 0 Å². The first-order valence-electron chi connectivity index (χ1n) is 9.46. The largest absolute Gasteiger partial charge is 0.494 e. The molecule has 140 valence electrons. The first-order chi connectivity index (χ1) is 13.3. The third-order valence-corrected chi connectivity index (χ3v) is 4.05. The van der Waals surface area contributed by atoms with Gasteiger partial charge in [-0.2, -0.15) is 4.98 Å². The second-order valence-corrected chi connectivity index (χ2v) is 6.19. The standard InChI is InChI=1S/C22H26N4O/c1-3-5-15-23-21-16-20(17-9-7-6-8-10-17)25-22(26-21)24-18-11-13-19(14-12-18)27-4-2/h6-14,16H,3-5,15H2,1-2H3,(H2,23,24,25,26). The zero-order chi connectivity index (χ0) is 18.9. The molecule has 0 aliphatic rings. The molecule has 27 heavy (non-hydrogen) atoms. The summed E-state index contributed by atoms with van der Waals surface area (Å²) in [5.74, 6) is 2.24. The van der Waals surface area contributed by atoms with E-state index in [1.165, 1.54) is 0 Å². The fraction of sp³-hybridized carbons (Fsp3) is 0.273. The van der Waals surface area contributed by atoms with E-state index in [-0.39, 0.29) is 0 Å². The van der Waals surface area contributed by atoms with Gasteiger partial charge in [-0.05, 0) is 37.6 Å². The maximum Gasteiger partial charge on any atom is 0.229 e. The molecule has 0 aliphatic carbocycles.